The number of aromatic carboxylic acids is 2. The van der Waals surface area contributed by atoms with E-state index < -0.39 is 17.8 Å². The lowest BCUT2D eigenvalue weighted by Gasteiger charge is -2.09. The van der Waals surface area contributed by atoms with Gasteiger partial charge in [0.15, 0.2) is 6.29 Å². The van der Waals surface area contributed by atoms with Crippen molar-refractivity contribution in [3.8, 4) is 0 Å². The van der Waals surface area contributed by atoms with Gasteiger partial charge in [-0.25, -0.2) is 9.59 Å². The normalized spacial score (nSPS) is 14.0. The molecule has 2 aromatic carbocycles. The molecule has 4 N–H and O–H groups in total. The minimum absolute atomic E-state index is 0.0262. The van der Waals surface area contributed by atoms with E-state index in [0.29, 0.717) is 40.3 Å². The van der Waals surface area contributed by atoms with Crippen molar-refractivity contribution in [1.82, 2.24) is 0 Å². The fourth-order valence-corrected chi connectivity index (χ4v) is 3.59. The van der Waals surface area contributed by atoms with Gasteiger partial charge in [-0.3, -0.25) is 9.59 Å². The van der Waals surface area contributed by atoms with Gasteiger partial charge in [0.2, 0.25) is 0 Å². The number of aldehydes is 1. The minimum atomic E-state index is -1.12. The van der Waals surface area contributed by atoms with Crippen LogP contribution in [0.1, 0.15) is 43.4 Å². The minimum Gasteiger partial charge on any atom is -0.478 e. The second-order valence-corrected chi connectivity index (χ2v) is 7.35. The molecule has 0 saturated heterocycles. The van der Waals surface area contributed by atoms with Crippen LogP contribution in [0.4, 0.5) is 11.4 Å². The number of anilines is 2. The number of hydrogen-bond acceptors (Lipinski definition) is 6. The number of hydrogen-bond donors (Lipinski definition) is 4. The summed E-state index contributed by atoms with van der Waals surface area (Å²) in [5, 5.41) is 24.1. The van der Waals surface area contributed by atoms with Gasteiger partial charge in [0.25, 0.3) is 5.91 Å². The van der Waals surface area contributed by atoms with Crippen LogP contribution in [-0.2, 0) is 9.59 Å². The standard InChI is InChI=1S/C25H18N2O7/c1-26-21-6-2-13(24(30)31)9-18(21)15(12-28)8-16-4-5-17(34-16)11-20-19-10-14(25(32)33)3-7-22(19)27-23(20)29/h2-12,26H,1H3,(H,27,29)(H,30,31)(H,32,33)/b15-8-,20-11+. The molecule has 1 aliphatic rings. The van der Waals surface area contributed by atoms with Gasteiger partial charge in [0, 0.05) is 35.1 Å². The molecule has 9 heteroatoms. The molecule has 2 heterocycles. The number of fused-ring (bicyclic) bond motifs is 1. The molecule has 4 rings (SSSR count). The van der Waals surface area contributed by atoms with Crippen LogP contribution >= 0.6 is 0 Å². The highest BCUT2D eigenvalue weighted by Crippen LogP contribution is 2.34. The highest BCUT2D eigenvalue weighted by molar-refractivity contribution is 6.35. The number of benzene rings is 2. The molecule has 0 unspecified atom stereocenters. The Morgan fingerprint density at radius 3 is 2.32 bits per heavy atom. The number of carboxylic acids is 2. The maximum atomic E-state index is 12.4. The molecule has 170 valence electrons. The summed E-state index contributed by atoms with van der Waals surface area (Å²) < 4.78 is 5.75. The molecule has 0 aliphatic carbocycles. The molecule has 0 fully saturated rings. The average molecular weight is 458 g/mol. The van der Waals surface area contributed by atoms with Crippen LogP contribution in [-0.4, -0.2) is 41.4 Å². The number of carbonyl (C=O) groups excluding carboxylic acids is 2. The Hall–Kier alpha value is -4.92. The monoisotopic (exact) mass is 458 g/mol. The topological polar surface area (TPSA) is 146 Å². The number of carbonyl (C=O) groups is 4. The highest BCUT2D eigenvalue weighted by Gasteiger charge is 2.25. The fourth-order valence-electron chi connectivity index (χ4n) is 3.59. The summed E-state index contributed by atoms with van der Waals surface area (Å²) in [5.41, 5.74) is 2.39. The Kier molecular flexibility index (Phi) is 5.84. The van der Waals surface area contributed by atoms with E-state index in [-0.39, 0.29) is 22.3 Å². The molecule has 0 saturated carbocycles. The summed E-state index contributed by atoms with van der Waals surface area (Å²) in [6.45, 7) is 0. The van der Waals surface area contributed by atoms with Gasteiger partial charge in [-0.05, 0) is 60.7 Å². The number of amides is 1. The summed E-state index contributed by atoms with van der Waals surface area (Å²) in [4.78, 5) is 46.9. The summed E-state index contributed by atoms with van der Waals surface area (Å²) >= 11 is 0. The maximum absolute atomic E-state index is 12.4. The lowest BCUT2D eigenvalue weighted by molar-refractivity contribution is -0.110. The first-order chi connectivity index (χ1) is 16.3. The number of rotatable bonds is 7. The first-order valence-corrected chi connectivity index (χ1v) is 10.0. The third kappa shape index (κ3) is 4.22. The summed E-state index contributed by atoms with van der Waals surface area (Å²) in [5.74, 6) is -2.02. The highest BCUT2D eigenvalue weighted by atomic mass is 16.4. The van der Waals surface area contributed by atoms with E-state index in [9.17, 15) is 29.4 Å². The van der Waals surface area contributed by atoms with Crippen molar-refractivity contribution in [2.75, 3.05) is 17.7 Å². The molecule has 0 radical (unpaired) electrons. The Balaban J connectivity index is 1.70. The van der Waals surface area contributed by atoms with E-state index in [1.807, 2.05) is 0 Å². The number of allylic oxidation sites excluding steroid dienone is 1. The van der Waals surface area contributed by atoms with Crippen molar-refractivity contribution in [3.63, 3.8) is 0 Å². The lowest BCUT2D eigenvalue weighted by Crippen LogP contribution is -2.03. The largest absolute Gasteiger partial charge is 0.478 e. The van der Waals surface area contributed by atoms with Crippen LogP contribution in [0.3, 0.4) is 0 Å². The Bertz CT molecular complexity index is 1410. The van der Waals surface area contributed by atoms with Crippen molar-refractivity contribution in [2.24, 2.45) is 0 Å². The predicted octanol–water partition coefficient (Wildman–Crippen LogP) is 3.95. The first kappa shape index (κ1) is 22.3. The molecule has 0 atom stereocenters. The zero-order valence-electron chi connectivity index (χ0n) is 17.8. The smallest absolute Gasteiger partial charge is 0.335 e. The van der Waals surface area contributed by atoms with Crippen LogP contribution in [0.5, 0.6) is 0 Å². The fraction of sp³-hybridized carbons (Fsp3) is 0.0400. The van der Waals surface area contributed by atoms with Crippen molar-refractivity contribution in [3.05, 3.63) is 82.3 Å². The van der Waals surface area contributed by atoms with E-state index in [2.05, 4.69) is 10.6 Å². The Morgan fingerprint density at radius 2 is 1.65 bits per heavy atom. The van der Waals surface area contributed by atoms with E-state index in [1.54, 1.807) is 25.2 Å². The van der Waals surface area contributed by atoms with Crippen LogP contribution < -0.4 is 10.6 Å². The molecule has 1 aromatic heterocycles. The van der Waals surface area contributed by atoms with Gasteiger partial charge in [-0.2, -0.15) is 0 Å². The Labute approximate surface area is 193 Å². The number of nitrogens with one attached hydrogen (secondary N) is 2. The summed E-state index contributed by atoms with van der Waals surface area (Å²) in [6, 6.07) is 11.9. The zero-order valence-corrected chi connectivity index (χ0v) is 17.8. The van der Waals surface area contributed by atoms with Crippen molar-refractivity contribution in [2.45, 2.75) is 0 Å². The van der Waals surface area contributed by atoms with Crippen LogP contribution in [0.2, 0.25) is 0 Å². The zero-order chi connectivity index (χ0) is 24.4. The van der Waals surface area contributed by atoms with E-state index in [1.165, 1.54) is 42.5 Å². The van der Waals surface area contributed by atoms with Crippen LogP contribution in [0.15, 0.2) is 52.9 Å². The second kappa shape index (κ2) is 8.91. The van der Waals surface area contributed by atoms with Gasteiger partial charge in [0.05, 0.1) is 16.7 Å². The first-order valence-electron chi connectivity index (χ1n) is 10.0. The molecule has 3 aromatic rings. The van der Waals surface area contributed by atoms with Gasteiger partial charge in [0.1, 0.15) is 11.5 Å². The third-order valence-corrected chi connectivity index (χ3v) is 5.26. The van der Waals surface area contributed by atoms with Crippen LogP contribution in [0, 0.1) is 0 Å². The van der Waals surface area contributed by atoms with E-state index in [4.69, 9.17) is 4.42 Å². The van der Waals surface area contributed by atoms with Crippen molar-refractivity contribution >= 4 is 58.8 Å². The molecular formula is C25H18N2O7. The molecule has 0 bridgehead atoms. The van der Waals surface area contributed by atoms with Crippen LogP contribution in [0.25, 0.3) is 23.3 Å². The lowest BCUT2D eigenvalue weighted by atomic mass is 10.0. The quantitative estimate of drug-likeness (QED) is 0.307. The molecular weight excluding hydrogens is 440 g/mol. The molecule has 1 aliphatic heterocycles. The predicted molar refractivity (Wildman–Crippen MR) is 125 cm³/mol. The van der Waals surface area contributed by atoms with E-state index >= 15 is 0 Å². The van der Waals surface area contributed by atoms with Crippen molar-refractivity contribution in [1.29, 1.82) is 0 Å². The van der Waals surface area contributed by atoms with Gasteiger partial charge < -0.3 is 25.3 Å². The van der Waals surface area contributed by atoms with E-state index in [0.717, 1.165) is 0 Å². The average Bonchev–Trinajstić information content (AvgIpc) is 3.40. The maximum Gasteiger partial charge on any atom is 0.335 e. The molecule has 9 nitrogen and oxygen atoms in total. The molecule has 0 spiro atoms. The van der Waals surface area contributed by atoms with Crippen molar-refractivity contribution < 1.29 is 33.8 Å². The molecule has 34 heavy (non-hydrogen) atoms. The molecule has 1 amide bonds. The Morgan fingerprint density at radius 1 is 0.971 bits per heavy atom. The number of carboxylic acid groups (broad SMARTS) is 2. The SMILES string of the molecule is CNc1ccc(C(=O)O)cc1/C(C=O)=C\c1ccc(/C=C2/C(=O)Nc3ccc(C(=O)O)cc32)o1. The second-order valence-electron chi connectivity index (χ2n) is 7.35. The third-order valence-electron chi connectivity index (χ3n) is 5.26. The summed E-state index contributed by atoms with van der Waals surface area (Å²) in [7, 11) is 1.65. The number of furan rings is 1. The van der Waals surface area contributed by atoms with Gasteiger partial charge >= 0.3 is 11.9 Å². The summed E-state index contributed by atoms with van der Waals surface area (Å²) in [6.07, 6.45) is 3.54. The van der Waals surface area contributed by atoms with Gasteiger partial charge in [-0.1, -0.05) is 0 Å². The van der Waals surface area contributed by atoms with Gasteiger partial charge in [-0.15, -0.1) is 0 Å².